The second kappa shape index (κ2) is 8.91. The number of rotatable bonds is 10. The van der Waals surface area contributed by atoms with Crippen LogP contribution in [0, 0.1) is 5.92 Å². The molecule has 1 saturated carbocycles. The smallest absolute Gasteiger partial charge is 0.161 e. The predicted molar refractivity (Wildman–Crippen MR) is 102 cm³/mol. The van der Waals surface area contributed by atoms with Crippen molar-refractivity contribution in [1.29, 1.82) is 0 Å². The summed E-state index contributed by atoms with van der Waals surface area (Å²) < 4.78 is 11.5. The molecule has 3 heteroatoms. The first-order chi connectivity index (χ1) is 12.3. The van der Waals surface area contributed by atoms with E-state index in [1.54, 1.807) is 7.11 Å². The van der Waals surface area contributed by atoms with Gasteiger partial charge < -0.3 is 9.47 Å². The number of hydrogen-bond donors (Lipinski definition) is 0. The lowest BCUT2D eigenvalue weighted by Crippen LogP contribution is -2.26. The molecule has 0 aromatic heterocycles. The van der Waals surface area contributed by atoms with E-state index in [-0.39, 0.29) is 0 Å². The van der Waals surface area contributed by atoms with E-state index in [0.29, 0.717) is 6.61 Å². The van der Waals surface area contributed by atoms with Crippen molar-refractivity contribution in [2.75, 3.05) is 20.2 Å². The third-order valence-corrected chi connectivity index (χ3v) is 4.62. The minimum absolute atomic E-state index is 0.556. The van der Waals surface area contributed by atoms with Crippen LogP contribution in [0.15, 0.2) is 48.5 Å². The Morgan fingerprint density at radius 2 is 1.80 bits per heavy atom. The Balaban J connectivity index is 1.63. The lowest BCUT2D eigenvalue weighted by atomic mass is 10.1. The summed E-state index contributed by atoms with van der Waals surface area (Å²) in [5.41, 5.74) is 2.45. The van der Waals surface area contributed by atoms with Gasteiger partial charge in [-0.3, -0.25) is 4.90 Å². The number of hydrogen-bond acceptors (Lipinski definition) is 3. The Hall–Kier alpha value is -2.00. The summed E-state index contributed by atoms with van der Waals surface area (Å²) >= 11 is 0. The quantitative estimate of drug-likeness (QED) is 0.615. The second-order valence-corrected chi connectivity index (χ2v) is 6.94. The maximum absolute atomic E-state index is 5.96. The van der Waals surface area contributed by atoms with Crippen molar-refractivity contribution >= 4 is 0 Å². The van der Waals surface area contributed by atoms with Crippen molar-refractivity contribution < 1.29 is 9.47 Å². The van der Waals surface area contributed by atoms with Crippen LogP contribution in [0.2, 0.25) is 0 Å². The molecule has 3 nitrogen and oxygen atoms in total. The third-order valence-electron chi connectivity index (χ3n) is 4.62. The van der Waals surface area contributed by atoms with Crippen molar-refractivity contribution in [3.05, 3.63) is 59.7 Å². The van der Waals surface area contributed by atoms with Gasteiger partial charge in [0.1, 0.15) is 6.61 Å². The molecule has 0 unspecified atom stereocenters. The Labute approximate surface area is 151 Å². The molecule has 25 heavy (non-hydrogen) atoms. The number of methoxy groups -OCH3 is 1. The maximum atomic E-state index is 5.96. The summed E-state index contributed by atoms with van der Waals surface area (Å²) in [6, 6.07) is 16.5. The molecule has 0 saturated heterocycles. The molecule has 0 atom stereocenters. The van der Waals surface area contributed by atoms with Crippen LogP contribution in [0.3, 0.4) is 0 Å². The predicted octanol–water partition coefficient (Wildman–Crippen LogP) is 4.90. The van der Waals surface area contributed by atoms with Gasteiger partial charge in [-0.25, -0.2) is 0 Å². The van der Waals surface area contributed by atoms with Gasteiger partial charge in [0.25, 0.3) is 0 Å². The zero-order valence-corrected chi connectivity index (χ0v) is 15.4. The molecular weight excluding hydrogens is 310 g/mol. The van der Waals surface area contributed by atoms with E-state index in [0.717, 1.165) is 36.1 Å². The molecule has 3 rings (SSSR count). The summed E-state index contributed by atoms with van der Waals surface area (Å²) in [5, 5.41) is 0. The second-order valence-electron chi connectivity index (χ2n) is 6.94. The Bertz CT molecular complexity index is 652. The first-order valence-electron chi connectivity index (χ1n) is 9.34. The fourth-order valence-electron chi connectivity index (χ4n) is 3.14. The van der Waals surface area contributed by atoms with Crippen molar-refractivity contribution in [1.82, 2.24) is 4.90 Å². The number of nitrogens with zero attached hydrogens (tertiary/aromatic N) is 1. The molecule has 0 radical (unpaired) electrons. The van der Waals surface area contributed by atoms with E-state index in [1.165, 1.54) is 31.4 Å². The fraction of sp³-hybridized carbons (Fsp3) is 0.455. The van der Waals surface area contributed by atoms with Crippen LogP contribution in [0.1, 0.15) is 37.3 Å². The first kappa shape index (κ1) is 17.8. The SMILES string of the molecule is CCCN(Cc1ccc(OCc2ccccc2)c(OC)c1)CC1CC1. The van der Waals surface area contributed by atoms with Crippen LogP contribution in [0.4, 0.5) is 0 Å². The minimum Gasteiger partial charge on any atom is -0.493 e. The average Bonchev–Trinajstić information content (AvgIpc) is 3.45. The standard InChI is InChI=1S/C22H29NO2/c1-3-13-23(15-18-9-10-18)16-20-11-12-21(22(14-20)24-2)25-17-19-7-5-4-6-8-19/h4-8,11-12,14,18H,3,9-10,13,15-17H2,1-2H3. The fourth-order valence-corrected chi connectivity index (χ4v) is 3.14. The lowest BCUT2D eigenvalue weighted by Gasteiger charge is -2.22. The average molecular weight is 339 g/mol. The molecule has 1 aliphatic carbocycles. The van der Waals surface area contributed by atoms with Gasteiger partial charge in [-0.2, -0.15) is 0 Å². The molecule has 0 heterocycles. The zero-order valence-electron chi connectivity index (χ0n) is 15.4. The molecular formula is C22H29NO2. The summed E-state index contributed by atoms with van der Waals surface area (Å²) in [7, 11) is 1.71. The summed E-state index contributed by atoms with van der Waals surface area (Å²) in [5.74, 6) is 2.54. The third kappa shape index (κ3) is 5.50. The largest absolute Gasteiger partial charge is 0.493 e. The summed E-state index contributed by atoms with van der Waals surface area (Å²) in [6.45, 7) is 6.17. The van der Waals surface area contributed by atoms with Crippen molar-refractivity contribution in [3.63, 3.8) is 0 Å². The van der Waals surface area contributed by atoms with E-state index < -0.39 is 0 Å². The topological polar surface area (TPSA) is 21.7 Å². The van der Waals surface area contributed by atoms with E-state index in [2.05, 4.69) is 36.1 Å². The Kier molecular flexibility index (Phi) is 6.35. The zero-order chi connectivity index (χ0) is 17.5. The maximum Gasteiger partial charge on any atom is 0.161 e. The van der Waals surface area contributed by atoms with Crippen LogP contribution in [-0.2, 0) is 13.2 Å². The molecule has 0 amide bonds. The molecule has 0 N–H and O–H groups in total. The molecule has 1 aliphatic rings. The van der Waals surface area contributed by atoms with E-state index >= 15 is 0 Å². The normalized spacial score (nSPS) is 13.9. The lowest BCUT2D eigenvalue weighted by molar-refractivity contribution is 0.253. The van der Waals surface area contributed by atoms with Crippen molar-refractivity contribution in [2.45, 2.75) is 39.3 Å². The van der Waals surface area contributed by atoms with Crippen LogP contribution in [0.25, 0.3) is 0 Å². The monoisotopic (exact) mass is 339 g/mol. The highest BCUT2D eigenvalue weighted by molar-refractivity contribution is 5.43. The van der Waals surface area contributed by atoms with E-state index in [1.807, 2.05) is 24.3 Å². The molecule has 0 aliphatic heterocycles. The number of benzene rings is 2. The first-order valence-corrected chi connectivity index (χ1v) is 9.34. The van der Waals surface area contributed by atoms with Crippen LogP contribution < -0.4 is 9.47 Å². The van der Waals surface area contributed by atoms with Gasteiger partial charge >= 0.3 is 0 Å². The van der Waals surface area contributed by atoms with Crippen molar-refractivity contribution in [2.24, 2.45) is 5.92 Å². The molecule has 1 fully saturated rings. The summed E-state index contributed by atoms with van der Waals surface area (Å²) in [4.78, 5) is 2.57. The summed E-state index contributed by atoms with van der Waals surface area (Å²) in [6.07, 6.45) is 3.99. The highest BCUT2D eigenvalue weighted by Crippen LogP contribution is 2.32. The van der Waals surface area contributed by atoms with E-state index in [9.17, 15) is 0 Å². The van der Waals surface area contributed by atoms with Gasteiger partial charge in [-0.05, 0) is 55.0 Å². The van der Waals surface area contributed by atoms with Crippen LogP contribution >= 0.6 is 0 Å². The van der Waals surface area contributed by atoms with Gasteiger partial charge in [-0.15, -0.1) is 0 Å². The van der Waals surface area contributed by atoms with Crippen LogP contribution in [0.5, 0.6) is 11.5 Å². The Morgan fingerprint density at radius 3 is 2.48 bits per heavy atom. The molecule has 2 aromatic carbocycles. The highest BCUT2D eigenvalue weighted by Gasteiger charge is 2.24. The van der Waals surface area contributed by atoms with Gasteiger partial charge in [-0.1, -0.05) is 43.3 Å². The Morgan fingerprint density at radius 1 is 1.00 bits per heavy atom. The van der Waals surface area contributed by atoms with Gasteiger partial charge in [0.05, 0.1) is 7.11 Å². The van der Waals surface area contributed by atoms with E-state index in [4.69, 9.17) is 9.47 Å². The van der Waals surface area contributed by atoms with Gasteiger partial charge in [0, 0.05) is 13.1 Å². The highest BCUT2D eigenvalue weighted by atomic mass is 16.5. The van der Waals surface area contributed by atoms with Crippen molar-refractivity contribution in [3.8, 4) is 11.5 Å². The molecule has 0 spiro atoms. The van der Waals surface area contributed by atoms with Crippen LogP contribution in [-0.4, -0.2) is 25.1 Å². The molecule has 0 bridgehead atoms. The van der Waals surface area contributed by atoms with Gasteiger partial charge in [0.15, 0.2) is 11.5 Å². The van der Waals surface area contributed by atoms with Gasteiger partial charge in [0.2, 0.25) is 0 Å². The molecule has 2 aromatic rings. The number of ether oxygens (including phenoxy) is 2. The minimum atomic E-state index is 0.556. The molecule has 134 valence electrons.